The van der Waals surface area contributed by atoms with Crippen LogP contribution in [-0.2, 0) is 4.79 Å². The third-order valence-corrected chi connectivity index (χ3v) is 3.06. The molecular weight excluding hydrogens is 262 g/mol. The van der Waals surface area contributed by atoms with E-state index in [4.69, 9.17) is 0 Å². The first kappa shape index (κ1) is 13.9. The largest absolute Gasteiger partial charge is 0.364 e. The number of nitrogens with zero attached hydrogens (tertiary/aromatic N) is 3. The Balaban J connectivity index is 1.88. The van der Waals surface area contributed by atoms with Gasteiger partial charge in [-0.05, 0) is 25.8 Å². The number of rotatable bonds is 6. The van der Waals surface area contributed by atoms with Crippen LogP contribution < -0.4 is 10.7 Å². The average molecular weight is 277 g/mol. The molecule has 2 heterocycles. The van der Waals surface area contributed by atoms with Gasteiger partial charge in [-0.2, -0.15) is 5.10 Å². The fourth-order valence-electron chi connectivity index (χ4n) is 1.99. The first-order chi connectivity index (χ1) is 9.59. The normalized spacial score (nSPS) is 17.1. The molecule has 2 N–H and O–H groups in total. The quantitative estimate of drug-likeness (QED) is 0.461. The minimum atomic E-state index is -0.443. The van der Waals surface area contributed by atoms with E-state index >= 15 is 0 Å². The van der Waals surface area contributed by atoms with Gasteiger partial charge in [-0.15, -0.1) is 0 Å². The minimum Gasteiger partial charge on any atom is -0.364 e. The van der Waals surface area contributed by atoms with Crippen molar-refractivity contribution in [2.24, 2.45) is 11.0 Å². The molecule has 1 aliphatic heterocycles. The fourth-order valence-corrected chi connectivity index (χ4v) is 1.99. The Kier molecular flexibility index (Phi) is 4.24. The molecular formula is C12H15N5O3. The lowest BCUT2D eigenvalue weighted by Gasteiger charge is -2.08. The maximum absolute atomic E-state index is 11.3. The van der Waals surface area contributed by atoms with Gasteiger partial charge in [0.15, 0.2) is 0 Å². The second-order valence-corrected chi connectivity index (χ2v) is 4.51. The Morgan fingerprint density at radius 3 is 3.00 bits per heavy atom. The number of anilines is 1. The first-order valence-electron chi connectivity index (χ1n) is 6.26. The maximum Gasteiger partial charge on any atom is 0.314 e. The summed E-state index contributed by atoms with van der Waals surface area (Å²) in [5.41, 5.74) is 2.93. The summed E-state index contributed by atoms with van der Waals surface area (Å²) in [6, 6.07) is 1.60. The summed E-state index contributed by atoms with van der Waals surface area (Å²) in [5.74, 6) is -0.0542. The predicted octanol–water partition coefficient (Wildman–Crippen LogP) is 1.22. The van der Waals surface area contributed by atoms with E-state index in [1.807, 2.05) is 0 Å². The minimum absolute atomic E-state index is 0.00679. The molecule has 1 aliphatic rings. The van der Waals surface area contributed by atoms with Crippen LogP contribution in [0, 0.1) is 23.0 Å². The van der Waals surface area contributed by atoms with Crippen molar-refractivity contribution < 1.29 is 9.72 Å². The van der Waals surface area contributed by atoms with E-state index in [0.717, 1.165) is 0 Å². The molecule has 0 saturated heterocycles. The van der Waals surface area contributed by atoms with Crippen LogP contribution in [0.4, 0.5) is 11.5 Å². The van der Waals surface area contributed by atoms with Crippen LogP contribution in [0.2, 0.25) is 0 Å². The zero-order chi connectivity index (χ0) is 14.5. The monoisotopic (exact) mass is 277 g/mol. The van der Waals surface area contributed by atoms with E-state index in [0.29, 0.717) is 24.9 Å². The van der Waals surface area contributed by atoms with E-state index in [9.17, 15) is 14.9 Å². The number of nitro groups is 1. The lowest BCUT2D eigenvalue weighted by molar-refractivity contribution is -0.384. The summed E-state index contributed by atoms with van der Waals surface area (Å²) in [6.07, 6.45) is 4.44. The number of nitrogens with one attached hydrogen (secondary N) is 2. The van der Waals surface area contributed by atoms with Gasteiger partial charge in [0.25, 0.3) is 0 Å². The molecule has 1 amide bonds. The molecule has 106 valence electrons. The van der Waals surface area contributed by atoms with Crippen molar-refractivity contribution in [2.45, 2.75) is 19.8 Å². The summed E-state index contributed by atoms with van der Waals surface area (Å²) < 4.78 is 0. The van der Waals surface area contributed by atoms with Crippen LogP contribution in [0.15, 0.2) is 17.4 Å². The molecule has 0 spiro atoms. The maximum atomic E-state index is 11.3. The van der Waals surface area contributed by atoms with Crippen molar-refractivity contribution >= 4 is 23.6 Å². The van der Waals surface area contributed by atoms with E-state index in [1.54, 1.807) is 19.2 Å². The van der Waals surface area contributed by atoms with E-state index in [1.165, 1.54) is 6.20 Å². The van der Waals surface area contributed by atoms with Crippen molar-refractivity contribution in [3.63, 3.8) is 0 Å². The van der Waals surface area contributed by atoms with Gasteiger partial charge in [0.2, 0.25) is 11.7 Å². The zero-order valence-corrected chi connectivity index (χ0v) is 11.0. The van der Waals surface area contributed by atoms with Gasteiger partial charge < -0.3 is 5.32 Å². The second-order valence-electron chi connectivity index (χ2n) is 4.51. The Hall–Kier alpha value is -2.51. The Morgan fingerprint density at radius 2 is 2.35 bits per heavy atom. The number of hydrogen-bond donors (Lipinski definition) is 2. The van der Waals surface area contributed by atoms with Gasteiger partial charge in [-0.25, -0.2) is 10.4 Å². The van der Waals surface area contributed by atoms with E-state index < -0.39 is 4.92 Å². The highest BCUT2D eigenvalue weighted by Crippen LogP contribution is 2.25. The molecule has 0 fully saturated rings. The van der Waals surface area contributed by atoms with Crippen molar-refractivity contribution in [2.75, 3.05) is 11.9 Å². The third kappa shape index (κ3) is 3.08. The Bertz CT molecular complexity index is 558. The number of carbonyl (C=O) groups is 1. The van der Waals surface area contributed by atoms with Crippen LogP contribution >= 0.6 is 0 Å². The summed E-state index contributed by atoms with van der Waals surface area (Å²) in [6.45, 7) is 2.18. The number of hydrogen-bond acceptors (Lipinski definition) is 6. The lowest BCUT2D eigenvalue weighted by Crippen LogP contribution is -2.20. The third-order valence-electron chi connectivity index (χ3n) is 3.06. The lowest BCUT2D eigenvalue weighted by atomic mass is 10.1. The summed E-state index contributed by atoms with van der Waals surface area (Å²) in [7, 11) is 0. The van der Waals surface area contributed by atoms with Crippen LogP contribution in [0.25, 0.3) is 0 Å². The highest BCUT2D eigenvalue weighted by Gasteiger charge is 2.21. The number of aryl methyl sites for hydroxylation is 1. The highest BCUT2D eigenvalue weighted by atomic mass is 16.6. The van der Waals surface area contributed by atoms with Gasteiger partial charge in [-0.1, -0.05) is 0 Å². The van der Waals surface area contributed by atoms with Crippen LogP contribution in [0.5, 0.6) is 0 Å². The molecule has 0 saturated carbocycles. The number of carbonyl (C=O) groups excluding carboxylic acids is 1. The summed E-state index contributed by atoms with van der Waals surface area (Å²) >= 11 is 0. The van der Waals surface area contributed by atoms with E-state index in [2.05, 4.69) is 20.8 Å². The van der Waals surface area contributed by atoms with Crippen LogP contribution in [-0.4, -0.2) is 28.6 Å². The van der Waals surface area contributed by atoms with Crippen LogP contribution in [0.1, 0.15) is 18.4 Å². The van der Waals surface area contributed by atoms with Crippen molar-refractivity contribution in [1.82, 2.24) is 10.4 Å². The Labute approximate surface area is 115 Å². The van der Waals surface area contributed by atoms with Crippen molar-refractivity contribution in [1.29, 1.82) is 0 Å². The smallest absolute Gasteiger partial charge is 0.314 e. The van der Waals surface area contributed by atoms with Crippen molar-refractivity contribution in [3.05, 3.63) is 27.9 Å². The first-order valence-corrected chi connectivity index (χ1v) is 6.26. The van der Waals surface area contributed by atoms with E-state index in [-0.39, 0.29) is 23.3 Å². The summed E-state index contributed by atoms with van der Waals surface area (Å²) in [5, 5.41) is 17.6. The molecule has 1 unspecified atom stereocenters. The molecule has 1 aromatic rings. The molecule has 0 radical (unpaired) electrons. The van der Waals surface area contributed by atoms with Gasteiger partial charge in [0.05, 0.1) is 10.8 Å². The molecule has 0 bridgehead atoms. The van der Waals surface area contributed by atoms with Crippen molar-refractivity contribution in [3.8, 4) is 0 Å². The standard InChI is InChI=1S/C12H15N5O3/c1-8-4-6-14-11(10(8)17(19)20)13-5-2-3-9-7-15-16-12(9)18/h4,6-7,9H,2-3,5H2,1H3,(H,13,14)(H,16,18). The number of aromatic nitrogens is 1. The zero-order valence-electron chi connectivity index (χ0n) is 11.0. The van der Waals surface area contributed by atoms with Gasteiger partial charge in [-0.3, -0.25) is 14.9 Å². The number of pyridine rings is 1. The molecule has 0 aromatic carbocycles. The highest BCUT2D eigenvalue weighted by molar-refractivity contribution is 5.97. The Morgan fingerprint density at radius 1 is 1.55 bits per heavy atom. The molecule has 1 atom stereocenters. The second kappa shape index (κ2) is 6.09. The predicted molar refractivity (Wildman–Crippen MR) is 73.5 cm³/mol. The molecule has 0 aliphatic carbocycles. The number of amides is 1. The fraction of sp³-hybridized carbons (Fsp3) is 0.417. The molecule has 2 rings (SSSR count). The van der Waals surface area contributed by atoms with Gasteiger partial charge >= 0.3 is 5.69 Å². The van der Waals surface area contributed by atoms with Crippen LogP contribution in [0.3, 0.4) is 0 Å². The van der Waals surface area contributed by atoms with Gasteiger partial charge in [0, 0.05) is 24.5 Å². The summed E-state index contributed by atoms with van der Waals surface area (Å²) in [4.78, 5) is 25.8. The average Bonchev–Trinajstić information content (AvgIpc) is 2.80. The SMILES string of the molecule is Cc1ccnc(NCCCC2C=NNC2=O)c1[N+](=O)[O-]. The van der Waals surface area contributed by atoms with Gasteiger partial charge in [0.1, 0.15) is 0 Å². The molecule has 8 heteroatoms. The topological polar surface area (TPSA) is 110 Å². The molecule has 1 aromatic heterocycles. The number of hydrazone groups is 1. The molecule has 8 nitrogen and oxygen atoms in total. The molecule has 20 heavy (non-hydrogen) atoms.